The van der Waals surface area contributed by atoms with Crippen LogP contribution in [0.5, 0.6) is 5.75 Å². The second-order valence-corrected chi connectivity index (χ2v) is 7.35. The zero-order valence-electron chi connectivity index (χ0n) is 15.8. The summed E-state index contributed by atoms with van der Waals surface area (Å²) in [5, 5.41) is 9.41. The van der Waals surface area contributed by atoms with E-state index in [0.717, 1.165) is 27.4 Å². The summed E-state index contributed by atoms with van der Waals surface area (Å²) in [5.74, 6) is 0.659. The van der Waals surface area contributed by atoms with E-state index in [4.69, 9.17) is 14.2 Å². The third-order valence-corrected chi connectivity index (χ3v) is 5.84. The van der Waals surface area contributed by atoms with Gasteiger partial charge in [0.2, 0.25) is 0 Å². The van der Waals surface area contributed by atoms with Gasteiger partial charge in [0.05, 0.1) is 25.4 Å². The molecule has 0 aliphatic carbocycles. The van der Waals surface area contributed by atoms with Crippen LogP contribution in [0.1, 0.15) is 27.0 Å². The molecule has 0 bridgehead atoms. The van der Waals surface area contributed by atoms with Crippen LogP contribution in [0.25, 0.3) is 11.3 Å². The van der Waals surface area contributed by atoms with E-state index in [1.807, 2.05) is 41.8 Å². The molecule has 0 radical (unpaired) electrons. The second-order valence-electron chi connectivity index (χ2n) is 6.37. The molecule has 3 heterocycles. The Morgan fingerprint density at radius 3 is 2.54 bits per heavy atom. The molecule has 2 aromatic heterocycles. The van der Waals surface area contributed by atoms with Gasteiger partial charge in [0.1, 0.15) is 11.4 Å². The van der Waals surface area contributed by atoms with E-state index in [0.29, 0.717) is 12.2 Å². The fourth-order valence-electron chi connectivity index (χ4n) is 3.50. The molecule has 4 rings (SSSR count). The number of aromatic nitrogens is 2. The molecule has 146 valence electrons. The summed E-state index contributed by atoms with van der Waals surface area (Å²) in [7, 11) is 4.77. The minimum absolute atomic E-state index is 0.111. The van der Waals surface area contributed by atoms with Crippen LogP contribution in [-0.2, 0) is 9.47 Å². The van der Waals surface area contributed by atoms with Crippen molar-refractivity contribution < 1.29 is 19.0 Å². The molecule has 0 saturated carbocycles. The third kappa shape index (κ3) is 3.09. The maximum atomic E-state index is 13.1. The number of aromatic amines is 1. The summed E-state index contributed by atoms with van der Waals surface area (Å²) in [5.41, 5.74) is 3.07. The van der Waals surface area contributed by atoms with Crippen molar-refractivity contribution in [3.63, 3.8) is 0 Å². The number of benzene rings is 1. The van der Waals surface area contributed by atoms with Crippen LogP contribution in [0.4, 0.5) is 0 Å². The van der Waals surface area contributed by atoms with Crippen molar-refractivity contribution >= 4 is 17.2 Å². The molecule has 1 N–H and O–H groups in total. The van der Waals surface area contributed by atoms with Crippen molar-refractivity contribution in [1.82, 2.24) is 15.1 Å². The van der Waals surface area contributed by atoms with Gasteiger partial charge >= 0.3 is 0 Å². The number of hydrogen-bond acceptors (Lipinski definition) is 6. The molecule has 1 amide bonds. The first-order valence-electron chi connectivity index (χ1n) is 8.80. The zero-order valence-corrected chi connectivity index (χ0v) is 16.7. The molecular weight excluding hydrogens is 378 g/mol. The SMILES string of the molecule is COc1ccc(-c2n[nH]c3c2C(c2cccs2)N(CC(OC)OC)C3=O)cc1. The lowest BCUT2D eigenvalue weighted by Crippen LogP contribution is -2.37. The van der Waals surface area contributed by atoms with Crippen molar-refractivity contribution in [2.24, 2.45) is 0 Å². The lowest BCUT2D eigenvalue weighted by molar-refractivity contribution is -0.113. The van der Waals surface area contributed by atoms with Crippen LogP contribution in [0.2, 0.25) is 0 Å². The Kier molecular flexibility index (Phi) is 5.17. The minimum atomic E-state index is -0.507. The topological polar surface area (TPSA) is 76.7 Å². The van der Waals surface area contributed by atoms with E-state index in [-0.39, 0.29) is 11.9 Å². The summed E-state index contributed by atoms with van der Waals surface area (Å²) in [6.45, 7) is 0.318. The molecule has 3 aromatic rings. The summed E-state index contributed by atoms with van der Waals surface area (Å²) >= 11 is 1.61. The predicted octanol–water partition coefficient (Wildman–Crippen LogP) is 3.31. The highest BCUT2D eigenvalue weighted by Gasteiger charge is 2.43. The monoisotopic (exact) mass is 399 g/mol. The number of methoxy groups -OCH3 is 3. The summed E-state index contributed by atoms with van der Waals surface area (Å²) in [6, 6.07) is 11.4. The molecular formula is C20H21N3O4S. The average Bonchev–Trinajstić information content (AvgIpc) is 3.45. The molecule has 0 spiro atoms. The van der Waals surface area contributed by atoms with Crippen LogP contribution < -0.4 is 4.74 Å². The zero-order chi connectivity index (χ0) is 19.7. The predicted molar refractivity (Wildman–Crippen MR) is 106 cm³/mol. The van der Waals surface area contributed by atoms with Crippen LogP contribution >= 0.6 is 11.3 Å². The fourth-order valence-corrected chi connectivity index (χ4v) is 4.35. The van der Waals surface area contributed by atoms with Gasteiger partial charge in [-0.15, -0.1) is 11.3 Å². The van der Waals surface area contributed by atoms with Gasteiger partial charge in [0, 0.05) is 30.2 Å². The Labute approximate surface area is 166 Å². The summed E-state index contributed by atoms with van der Waals surface area (Å²) in [6.07, 6.45) is -0.507. The summed E-state index contributed by atoms with van der Waals surface area (Å²) < 4.78 is 15.9. The van der Waals surface area contributed by atoms with E-state index < -0.39 is 6.29 Å². The van der Waals surface area contributed by atoms with Crippen LogP contribution in [0, 0.1) is 0 Å². The van der Waals surface area contributed by atoms with Gasteiger partial charge in [0.15, 0.2) is 6.29 Å². The normalized spacial score (nSPS) is 16.1. The number of thiophene rings is 1. The van der Waals surface area contributed by atoms with Gasteiger partial charge in [-0.05, 0) is 35.7 Å². The van der Waals surface area contributed by atoms with Crippen molar-refractivity contribution in [1.29, 1.82) is 0 Å². The lowest BCUT2D eigenvalue weighted by Gasteiger charge is -2.28. The highest BCUT2D eigenvalue weighted by molar-refractivity contribution is 7.10. The third-order valence-electron chi connectivity index (χ3n) is 4.91. The number of ether oxygens (including phenoxy) is 3. The maximum absolute atomic E-state index is 13.1. The van der Waals surface area contributed by atoms with Gasteiger partial charge in [-0.2, -0.15) is 5.10 Å². The van der Waals surface area contributed by atoms with E-state index in [1.54, 1.807) is 37.6 Å². The van der Waals surface area contributed by atoms with Gasteiger partial charge < -0.3 is 19.1 Å². The smallest absolute Gasteiger partial charge is 0.273 e. The first-order chi connectivity index (χ1) is 13.7. The van der Waals surface area contributed by atoms with E-state index in [9.17, 15) is 4.79 Å². The number of rotatable bonds is 7. The Morgan fingerprint density at radius 1 is 1.18 bits per heavy atom. The van der Waals surface area contributed by atoms with Crippen LogP contribution in [0.3, 0.4) is 0 Å². The number of nitrogens with one attached hydrogen (secondary N) is 1. The minimum Gasteiger partial charge on any atom is -0.497 e. The molecule has 0 saturated heterocycles. The van der Waals surface area contributed by atoms with Crippen molar-refractivity contribution in [3.05, 3.63) is 57.9 Å². The van der Waals surface area contributed by atoms with Gasteiger partial charge in [-0.3, -0.25) is 9.89 Å². The van der Waals surface area contributed by atoms with Gasteiger partial charge in [-0.25, -0.2) is 0 Å². The van der Waals surface area contributed by atoms with E-state index in [2.05, 4.69) is 10.2 Å². The second kappa shape index (κ2) is 7.75. The first kappa shape index (κ1) is 18.7. The van der Waals surface area contributed by atoms with Gasteiger partial charge in [-0.1, -0.05) is 6.07 Å². The molecule has 0 fully saturated rings. The van der Waals surface area contributed by atoms with Crippen LogP contribution in [-0.4, -0.2) is 55.2 Å². The molecule has 1 aromatic carbocycles. The maximum Gasteiger partial charge on any atom is 0.273 e. The number of carbonyl (C=O) groups excluding carboxylic acids is 1. The summed E-state index contributed by atoms with van der Waals surface area (Å²) in [4.78, 5) is 16.0. The molecule has 1 unspecified atom stereocenters. The highest BCUT2D eigenvalue weighted by Crippen LogP contribution is 2.44. The number of amides is 1. The van der Waals surface area contributed by atoms with E-state index in [1.165, 1.54) is 0 Å². The number of carbonyl (C=O) groups is 1. The first-order valence-corrected chi connectivity index (χ1v) is 9.68. The number of hydrogen-bond donors (Lipinski definition) is 1. The fraction of sp³-hybridized carbons (Fsp3) is 0.300. The highest BCUT2D eigenvalue weighted by atomic mass is 32.1. The Morgan fingerprint density at radius 2 is 1.93 bits per heavy atom. The average molecular weight is 399 g/mol. The van der Waals surface area contributed by atoms with Gasteiger partial charge in [0.25, 0.3) is 5.91 Å². The molecule has 8 heteroatoms. The number of nitrogens with zero attached hydrogens (tertiary/aromatic N) is 2. The largest absolute Gasteiger partial charge is 0.497 e. The molecule has 1 aliphatic rings. The molecule has 28 heavy (non-hydrogen) atoms. The molecule has 7 nitrogen and oxygen atoms in total. The molecule has 1 aliphatic heterocycles. The van der Waals surface area contributed by atoms with Crippen molar-refractivity contribution in [2.75, 3.05) is 27.9 Å². The Hall–Kier alpha value is -2.68. The Balaban J connectivity index is 1.79. The van der Waals surface area contributed by atoms with Crippen LogP contribution in [0.15, 0.2) is 41.8 Å². The number of H-pyrrole nitrogens is 1. The van der Waals surface area contributed by atoms with E-state index >= 15 is 0 Å². The molecule has 1 atom stereocenters. The quantitative estimate of drug-likeness (QED) is 0.617. The number of fused-ring (bicyclic) bond motifs is 1. The van der Waals surface area contributed by atoms with Crippen molar-refractivity contribution in [2.45, 2.75) is 12.3 Å². The Bertz CT molecular complexity index is 949. The van der Waals surface area contributed by atoms with Crippen molar-refractivity contribution in [3.8, 4) is 17.0 Å². The lowest BCUT2D eigenvalue weighted by atomic mass is 10.0. The standard InChI is InChI=1S/C20H21N3O4S/c1-25-13-8-6-12(7-9-13)17-16-18(22-21-17)20(24)23(11-15(26-2)27-3)19(16)14-5-4-10-28-14/h4-10,15,19H,11H2,1-3H3,(H,21,22).